The van der Waals surface area contributed by atoms with Gasteiger partial charge in [-0.15, -0.1) is 0 Å². The molecule has 1 aromatic carbocycles. The van der Waals surface area contributed by atoms with Crippen molar-refractivity contribution < 1.29 is 18.3 Å². The standard InChI is InChI=1S/C13H16O4S/c1-18(16,17)11-6-4-5-10(9-11)13(12(14)15)7-2-3-8-13/h4-6,9H,2-3,7-8H2,1H3,(H,14,15). The minimum absolute atomic E-state index is 0.188. The van der Waals surface area contributed by atoms with Gasteiger partial charge in [0.25, 0.3) is 0 Å². The molecular formula is C13H16O4S. The quantitative estimate of drug-likeness (QED) is 0.910. The number of aliphatic carboxylic acids is 1. The van der Waals surface area contributed by atoms with Crippen molar-refractivity contribution in [2.45, 2.75) is 36.0 Å². The lowest BCUT2D eigenvalue weighted by Gasteiger charge is -2.24. The SMILES string of the molecule is CS(=O)(=O)c1cccc(C2(C(=O)O)CCCC2)c1. The summed E-state index contributed by atoms with van der Waals surface area (Å²) in [5, 5.41) is 9.46. The molecule has 0 saturated heterocycles. The van der Waals surface area contributed by atoms with Crippen LogP contribution in [0.15, 0.2) is 29.2 Å². The number of benzene rings is 1. The summed E-state index contributed by atoms with van der Waals surface area (Å²) >= 11 is 0. The summed E-state index contributed by atoms with van der Waals surface area (Å²) in [6.07, 6.45) is 4.03. The first-order valence-corrected chi connectivity index (χ1v) is 7.79. The zero-order valence-electron chi connectivity index (χ0n) is 10.2. The van der Waals surface area contributed by atoms with Crippen LogP contribution in [0.5, 0.6) is 0 Å². The van der Waals surface area contributed by atoms with E-state index < -0.39 is 21.2 Å². The molecule has 1 aliphatic carbocycles. The zero-order valence-corrected chi connectivity index (χ0v) is 11.0. The van der Waals surface area contributed by atoms with Crippen LogP contribution in [0.3, 0.4) is 0 Å². The van der Waals surface area contributed by atoms with Crippen molar-refractivity contribution in [2.75, 3.05) is 6.26 Å². The van der Waals surface area contributed by atoms with Crippen molar-refractivity contribution in [1.29, 1.82) is 0 Å². The summed E-state index contributed by atoms with van der Waals surface area (Å²) in [6, 6.07) is 6.35. The summed E-state index contributed by atoms with van der Waals surface area (Å²) < 4.78 is 23.1. The minimum Gasteiger partial charge on any atom is -0.481 e. The molecule has 18 heavy (non-hydrogen) atoms. The Morgan fingerprint density at radius 3 is 2.39 bits per heavy atom. The largest absolute Gasteiger partial charge is 0.481 e. The van der Waals surface area contributed by atoms with Crippen LogP contribution >= 0.6 is 0 Å². The Morgan fingerprint density at radius 1 is 1.28 bits per heavy atom. The summed E-state index contributed by atoms with van der Waals surface area (Å²) in [4.78, 5) is 11.7. The molecule has 0 spiro atoms. The van der Waals surface area contributed by atoms with E-state index in [9.17, 15) is 18.3 Å². The van der Waals surface area contributed by atoms with Gasteiger partial charge in [-0.3, -0.25) is 4.79 Å². The zero-order chi connectivity index (χ0) is 13.4. The highest BCUT2D eigenvalue weighted by atomic mass is 32.2. The molecule has 0 unspecified atom stereocenters. The average molecular weight is 268 g/mol. The van der Waals surface area contributed by atoms with Crippen molar-refractivity contribution in [1.82, 2.24) is 0 Å². The Labute approximate surface area is 107 Å². The van der Waals surface area contributed by atoms with Gasteiger partial charge in [0.1, 0.15) is 0 Å². The fourth-order valence-corrected chi connectivity index (χ4v) is 3.30. The van der Waals surface area contributed by atoms with Crippen LogP contribution in [0.2, 0.25) is 0 Å². The fourth-order valence-electron chi connectivity index (χ4n) is 2.63. The molecule has 4 nitrogen and oxygen atoms in total. The van der Waals surface area contributed by atoms with E-state index in [1.807, 2.05) is 0 Å². The topological polar surface area (TPSA) is 71.4 Å². The van der Waals surface area contributed by atoms with Gasteiger partial charge < -0.3 is 5.11 Å². The molecule has 5 heteroatoms. The third-order valence-electron chi connectivity index (χ3n) is 3.68. The Balaban J connectivity index is 2.54. The Bertz CT molecular complexity index is 568. The summed E-state index contributed by atoms with van der Waals surface area (Å²) in [5.41, 5.74) is -0.295. The van der Waals surface area contributed by atoms with E-state index in [2.05, 4.69) is 0 Å². The molecule has 0 aliphatic heterocycles. The van der Waals surface area contributed by atoms with E-state index in [0.717, 1.165) is 19.1 Å². The summed E-state index contributed by atoms with van der Waals surface area (Å²) in [7, 11) is -3.30. The first-order valence-electron chi connectivity index (χ1n) is 5.90. The number of sulfone groups is 1. The lowest BCUT2D eigenvalue weighted by atomic mass is 9.79. The maximum atomic E-state index is 11.5. The van der Waals surface area contributed by atoms with Crippen LogP contribution in [-0.4, -0.2) is 25.7 Å². The second-order valence-electron chi connectivity index (χ2n) is 4.89. The van der Waals surface area contributed by atoms with Gasteiger partial charge in [-0.2, -0.15) is 0 Å². The summed E-state index contributed by atoms with van der Waals surface area (Å²) in [5.74, 6) is -0.856. The molecular weight excluding hydrogens is 252 g/mol. The molecule has 1 saturated carbocycles. The molecule has 0 atom stereocenters. The molecule has 2 rings (SSSR count). The van der Waals surface area contributed by atoms with E-state index in [4.69, 9.17) is 0 Å². The number of rotatable bonds is 3. The van der Waals surface area contributed by atoms with Gasteiger partial charge >= 0.3 is 5.97 Å². The van der Waals surface area contributed by atoms with E-state index in [0.29, 0.717) is 18.4 Å². The van der Waals surface area contributed by atoms with Gasteiger partial charge in [0, 0.05) is 6.26 Å². The van der Waals surface area contributed by atoms with Crippen LogP contribution < -0.4 is 0 Å². The van der Waals surface area contributed by atoms with Crippen LogP contribution in [-0.2, 0) is 20.0 Å². The molecule has 1 aliphatic rings. The van der Waals surface area contributed by atoms with Crippen LogP contribution in [0.4, 0.5) is 0 Å². The molecule has 0 radical (unpaired) electrons. The first-order chi connectivity index (χ1) is 8.36. The van der Waals surface area contributed by atoms with Crippen molar-refractivity contribution in [3.63, 3.8) is 0 Å². The van der Waals surface area contributed by atoms with Crippen LogP contribution in [0, 0.1) is 0 Å². The van der Waals surface area contributed by atoms with Gasteiger partial charge in [-0.25, -0.2) is 8.42 Å². The predicted molar refractivity (Wildman–Crippen MR) is 67.3 cm³/mol. The number of hydrogen-bond acceptors (Lipinski definition) is 3. The van der Waals surface area contributed by atoms with Gasteiger partial charge in [0.15, 0.2) is 9.84 Å². The van der Waals surface area contributed by atoms with Crippen molar-refractivity contribution in [2.24, 2.45) is 0 Å². The molecule has 1 N–H and O–H groups in total. The highest BCUT2D eigenvalue weighted by Crippen LogP contribution is 2.41. The summed E-state index contributed by atoms with van der Waals surface area (Å²) in [6.45, 7) is 0. The first kappa shape index (κ1) is 13.1. The van der Waals surface area contributed by atoms with E-state index in [1.165, 1.54) is 12.1 Å². The molecule has 0 amide bonds. The predicted octanol–water partition coefficient (Wildman–Crippen LogP) is 1.99. The van der Waals surface area contributed by atoms with E-state index in [1.54, 1.807) is 12.1 Å². The van der Waals surface area contributed by atoms with E-state index in [-0.39, 0.29) is 4.90 Å². The Kier molecular flexibility index (Phi) is 3.19. The number of carboxylic acid groups (broad SMARTS) is 1. The van der Waals surface area contributed by atoms with Gasteiger partial charge in [0.05, 0.1) is 10.3 Å². The van der Waals surface area contributed by atoms with Gasteiger partial charge in [0.2, 0.25) is 0 Å². The van der Waals surface area contributed by atoms with Crippen molar-refractivity contribution in [3.05, 3.63) is 29.8 Å². The molecule has 1 fully saturated rings. The fraction of sp³-hybridized carbons (Fsp3) is 0.462. The highest BCUT2D eigenvalue weighted by Gasteiger charge is 2.43. The van der Waals surface area contributed by atoms with Gasteiger partial charge in [-0.05, 0) is 30.5 Å². The van der Waals surface area contributed by atoms with Gasteiger partial charge in [-0.1, -0.05) is 25.0 Å². The second-order valence-corrected chi connectivity index (χ2v) is 6.91. The van der Waals surface area contributed by atoms with Crippen LogP contribution in [0.25, 0.3) is 0 Å². The second kappa shape index (κ2) is 4.39. The number of carboxylic acids is 1. The van der Waals surface area contributed by atoms with Crippen molar-refractivity contribution >= 4 is 15.8 Å². The van der Waals surface area contributed by atoms with E-state index >= 15 is 0 Å². The average Bonchev–Trinajstić information content (AvgIpc) is 2.78. The Morgan fingerprint density at radius 2 is 1.89 bits per heavy atom. The van der Waals surface area contributed by atoms with Crippen molar-refractivity contribution in [3.8, 4) is 0 Å². The number of carbonyl (C=O) groups is 1. The third kappa shape index (κ3) is 2.14. The maximum absolute atomic E-state index is 11.5. The van der Waals surface area contributed by atoms with Crippen LogP contribution in [0.1, 0.15) is 31.2 Å². The minimum atomic E-state index is -3.30. The Hall–Kier alpha value is -1.36. The maximum Gasteiger partial charge on any atom is 0.314 e. The molecule has 98 valence electrons. The molecule has 0 bridgehead atoms. The molecule has 0 aromatic heterocycles. The monoisotopic (exact) mass is 268 g/mol. The number of hydrogen-bond donors (Lipinski definition) is 1. The molecule has 1 aromatic rings. The lowest BCUT2D eigenvalue weighted by molar-refractivity contribution is -0.143. The lowest BCUT2D eigenvalue weighted by Crippen LogP contribution is -2.32. The highest BCUT2D eigenvalue weighted by molar-refractivity contribution is 7.90. The smallest absolute Gasteiger partial charge is 0.314 e. The molecule has 0 heterocycles. The normalized spacial score (nSPS) is 18.7. The third-order valence-corrected chi connectivity index (χ3v) is 4.79.